The summed E-state index contributed by atoms with van der Waals surface area (Å²) in [7, 11) is 2.79. The summed E-state index contributed by atoms with van der Waals surface area (Å²) in [5.74, 6) is -0.124. The number of nitrogens with zero attached hydrogens (tertiary/aromatic N) is 1. The zero-order chi connectivity index (χ0) is 15.3. The van der Waals surface area contributed by atoms with Gasteiger partial charge in [-0.05, 0) is 13.0 Å². The Morgan fingerprint density at radius 3 is 2.35 bits per heavy atom. The van der Waals surface area contributed by atoms with Crippen LogP contribution in [-0.4, -0.2) is 25.1 Å². The Hall–Kier alpha value is -2.57. The molecule has 0 amide bonds. The first-order valence-corrected chi connectivity index (χ1v) is 5.68. The Balaban J connectivity index is 3.31. The zero-order valence-corrected chi connectivity index (χ0v) is 11.4. The molecule has 0 aliphatic carbocycles. The average Bonchev–Trinajstić information content (AvgIpc) is 2.45. The lowest BCUT2D eigenvalue weighted by Gasteiger charge is -2.15. The highest BCUT2D eigenvalue weighted by Crippen LogP contribution is 2.38. The molecule has 0 saturated heterocycles. The van der Waals surface area contributed by atoms with E-state index >= 15 is 0 Å². The van der Waals surface area contributed by atoms with Crippen LogP contribution in [-0.2, 0) is 9.53 Å². The van der Waals surface area contributed by atoms with Gasteiger partial charge < -0.3 is 14.2 Å². The molecule has 0 aliphatic rings. The van der Waals surface area contributed by atoms with E-state index in [1.807, 2.05) is 0 Å². The molecule has 0 heterocycles. The summed E-state index contributed by atoms with van der Waals surface area (Å²) < 4.78 is 15.1. The van der Waals surface area contributed by atoms with Gasteiger partial charge in [-0.2, -0.15) is 0 Å². The van der Waals surface area contributed by atoms with E-state index < -0.39 is 17.0 Å². The van der Waals surface area contributed by atoms with Crippen molar-refractivity contribution in [3.05, 3.63) is 40.5 Å². The van der Waals surface area contributed by atoms with Crippen LogP contribution in [0.15, 0.2) is 24.8 Å². The molecule has 1 aromatic carbocycles. The molecule has 0 fully saturated rings. The number of ether oxygens (including phenoxy) is 3. The molecule has 0 saturated carbocycles. The fourth-order valence-corrected chi connectivity index (χ4v) is 1.65. The fourth-order valence-electron chi connectivity index (χ4n) is 1.65. The number of carbonyl (C=O) groups is 1. The molecule has 1 unspecified atom stereocenters. The van der Waals surface area contributed by atoms with Crippen LogP contribution in [0.25, 0.3) is 0 Å². The van der Waals surface area contributed by atoms with Gasteiger partial charge in [0.05, 0.1) is 30.8 Å². The predicted octanol–water partition coefficient (Wildman–Crippen LogP) is 2.40. The summed E-state index contributed by atoms with van der Waals surface area (Å²) in [6.07, 6.45) is 0.170. The van der Waals surface area contributed by atoms with Crippen molar-refractivity contribution in [2.75, 3.05) is 14.2 Å². The Morgan fingerprint density at radius 1 is 1.35 bits per heavy atom. The number of carbonyl (C=O) groups excluding carboxylic acids is 1. The van der Waals surface area contributed by atoms with E-state index in [0.717, 1.165) is 6.08 Å². The Kier molecular flexibility index (Phi) is 5.08. The number of hydrogen-bond donors (Lipinski definition) is 0. The lowest BCUT2D eigenvalue weighted by atomic mass is 10.1. The first kappa shape index (κ1) is 15.5. The summed E-state index contributed by atoms with van der Waals surface area (Å²) in [5, 5.41) is 11.1. The standard InChI is InChI=1S/C13H15NO6/c1-5-13(15)20-8(2)9-6-11(18-3)12(19-4)7-10(9)14(16)17/h5-8H,1H2,2-4H3. The Morgan fingerprint density at radius 2 is 1.90 bits per heavy atom. The fraction of sp³-hybridized carbons (Fsp3) is 0.308. The van der Waals surface area contributed by atoms with Crippen LogP contribution in [0.5, 0.6) is 11.5 Å². The van der Waals surface area contributed by atoms with Gasteiger partial charge in [0, 0.05) is 6.08 Å². The predicted molar refractivity (Wildman–Crippen MR) is 70.9 cm³/mol. The number of rotatable bonds is 6. The third kappa shape index (κ3) is 3.25. The molecule has 0 N–H and O–H groups in total. The number of hydrogen-bond acceptors (Lipinski definition) is 6. The van der Waals surface area contributed by atoms with E-state index in [-0.39, 0.29) is 17.0 Å². The van der Waals surface area contributed by atoms with Crippen molar-refractivity contribution in [1.82, 2.24) is 0 Å². The van der Waals surface area contributed by atoms with Gasteiger partial charge in [0.25, 0.3) is 5.69 Å². The maximum Gasteiger partial charge on any atom is 0.330 e. The van der Waals surface area contributed by atoms with Crippen LogP contribution in [0, 0.1) is 10.1 Å². The number of nitro benzene ring substituents is 1. The smallest absolute Gasteiger partial charge is 0.330 e. The van der Waals surface area contributed by atoms with Crippen molar-refractivity contribution in [2.45, 2.75) is 13.0 Å². The second-order valence-corrected chi connectivity index (χ2v) is 3.81. The SMILES string of the molecule is C=CC(=O)OC(C)c1cc(OC)c(OC)cc1[N+](=O)[O-]. The van der Waals surface area contributed by atoms with Crippen molar-refractivity contribution in [3.63, 3.8) is 0 Å². The van der Waals surface area contributed by atoms with Gasteiger partial charge in [0.2, 0.25) is 0 Å². The van der Waals surface area contributed by atoms with E-state index in [1.165, 1.54) is 33.3 Å². The van der Waals surface area contributed by atoms with Gasteiger partial charge in [-0.15, -0.1) is 0 Å². The van der Waals surface area contributed by atoms with Gasteiger partial charge in [-0.1, -0.05) is 6.58 Å². The second-order valence-electron chi connectivity index (χ2n) is 3.81. The summed E-state index contributed by atoms with van der Waals surface area (Å²) in [6.45, 7) is 4.80. The van der Waals surface area contributed by atoms with E-state index in [0.29, 0.717) is 5.75 Å². The van der Waals surface area contributed by atoms with Crippen molar-refractivity contribution < 1.29 is 23.9 Å². The molecule has 0 radical (unpaired) electrons. The molecule has 0 aliphatic heterocycles. The minimum atomic E-state index is -0.819. The number of nitro groups is 1. The lowest BCUT2D eigenvalue weighted by molar-refractivity contribution is -0.386. The first-order chi connectivity index (χ1) is 9.44. The van der Waals surface area contributed by atoms with E-state index in [9.17, 15) is 14.9 Å². The van der Waals surface area contributed by atoms with Crippen molar-refractivity contribution >= 4 is 11.7 Å². The largest absolute Gasteiger partial charge is 0.493 e. The Labute approximate surface area is 115 Å². The minimum Gasteiger partial charge on any atom is -0.493 e. The molecular formula is C13H15NO6. The normalized spacial score (nSPS) is 11.3. The highest BCUT2D eigenvalue weighted by atomic mass is 16.6. The number of methoxy groups -OCH3 is 2. The molecule has 7 nitrogen and oxygen atoms in total. The molecule has 1 aromatic rings. The van der Waals surface area contributed by atoms with Crippen LogP contribution in [0.2, 0.25) is 0 Å². The summed E-state index contributed by atoms with van der Waals surface area (Å²) in [4.78, 5) is 21.7. The Bertz CT molecular complexity index is 540. The van der Waals surface area contributed by atoms with E-state index in [1.54, 1.807) is 0 Å². The van der Waals surface area contributed by atoms with Crippen molar-refractivity contribution in [2.24, 2.45) is 0 Å². The van der Waals surface area contributed by atoms with Crippen LogP contribution in [0.4, 0.5) is 5.69 Å². The third-order valence-electron chi connectivity index (χ3n) is 2.63. The van der Waals surface area contributed by atoms with Crippen molar-refractivity contribution in [1.29, 1.82) is 0 Å². The topological polar surface area (TPSA) is 87.9 Å². The minimum absolute atomic E-state index is 0.211. The molecule has 0 aromatic heterocycles. The van der Waals surface area contributed by atoms with Gasteiger partial charge in [0.1, 0.15) is 6.10 Å². The number of benzene rings is 1. The van der Waals surface area contributed by atoms with E-state index in [4.69, 9.17) is 14.2 Å². The average molecular weight is 281 g/mol. The molecule has 108 valence electrons. The molecule has 1 rings (SSSR count). The lowest BCUT2D eigenvalue weighted by Crippen LogP contribution is -2.09. The van der Waals surface area contributed by atoms with Gasteiger partial charge in [-0.3, -0.25) is 10.1 Å². The second kappa shape index (κ2) is 6.55. The molecule has 7 heteroatoms. The monoisotopic (exact) mass is 281 g/mol. The highest BCUT2D eigenvalue weighted by molar-refractivity contribution is 5.81. The molecule has 0 bridgehead atoms. The van der Waals surface area contributed by atoms with Crippen LogP contribution >= 0.6 is 0 Å². The third-order valence-corrected chi connectivity index (χ3v) is 2.63. The number of esters is 1. The van der Waals surface area contributed by atoms with Gasteiger partial charge in [0.15, 0.2) is 11.5 Å². The zero-order valence-electron chi connectivity index (χ0n) is 11.4. The van der Waals surface area contributed by atoms with Crippen LogP contribution in [0.1, 0.15) is 18.6 Å². The molecule has 0 spiro atoms. The molecule has 1 atom stereocenters. The summed E-state index contributed by atoms with van der Waals surface area (Å²) in [5.41, 5.74) is -0.00476. The molecule has 20 heavy (non-hydrogen) atoms. The van der Waals surface area contributed by atoms with Gasteiger partial charge in [-0.25, -0.2) is 4.79 Å². The van der Waals surface area contributed by atoms with Crippen LogP contribution in [0.3, 0.4) is 0 Å². The van der Waals surface area contributed by atoms with Gasteiger partial charge >= 0.3 is 5.97 Å². The summed E-state index contributed by atoms with van der Waals surface area (Å²) >= 11 is 0. The first-order valence-electron chi connectivity index (χ1n) is 5.68. The van der Waals surface area contributed by atoms with E-state index in [2.05, 4.69) is 6.58 Å². The van der Waals surface area contributed by atoms with Crippen molar-refractivity contribution in [3.8, 4) is 11.5 Å². The van der Waals surface area contributed by atoms with Crippen LogP contribution < -0.4 is 9.47 Å². The maximum absolute atomic E-state index is 11.2. The maximum atomic E-state index is 11.2. The highest BCUT2D eigenvalue weighted by Gasteiger charge is 2.25. The summed E-state index contributed by atoms with van der Waals surface area (Å²) in [6, 6.07) is 2.64. The quantitative estimate of drug-likeness (QED) is 0.344. The molecular weight excluding hydrogens is 266 g/mol.